The van der Waals surface area contributed by atoms with Gasteiger partial charge in [0.05, 0.1) is 5.88 Å². The van der Waals surface area contributed by atoms with E-state index in [2.05, 4.69) is 26.0 Å². The van der Waals surface area contributed by atoms with Crippen molar-refractivity contribution >= 4 is 11.6 Å². The fourth-order valence-corrected chi connectivity index (χ4v) is 1.98. The Morgan fingerprint density at radius 2 is 1.67 bits per heavy atom. The third-order valence-electron chi connectivity index (χ3n) is 2.89. The van der Waals surface area contributed by atoms with Crippen LogP contribution in [0.25, 0.3) is 0 Å². The van der Waals surface area contributed by atoms with Gasteiger partial charge in [-0.05, 0) is 29.7 Å². The van der Waals surface area contributed by atoms with Gasteiger partial charge in [-0.25, -0.2) is 0 Å². The molecular weight excluding hydrogens is 244 g/mol. The number of ether oxygens (including phenoxy) is 1. The fraction of sp³-hybridized carbons (Fsp3) is 0.250. The van der Waals surface area contributed by atoms with E-state index in [1.54, 1.807) is 0 Å². The van der Waals surface area contributed by atoms with Gasteiger partial charge in [0.15, 0.2) is 0 Å². The first-order chi connectivity index (χ1) is 8.70. The van der Waals surface area contributed by atoms with Crippen molar-refractivity contribution in [3.8, 4) is 11.5 Å². The van der Waals surface area contributed by atoms with Crippen molar-refractivity contribution in [2.75, 3.05) is 0 Å². The molecule has 0 aliphatic carbocycles. The number of hydrogen-bond acceptors (Lipinski definition) is 1. The SMILES string of the molecule is CC(C)c1ccc(Oc2ccccc2CCl)cc1. The van der Waals surface area contributed by atoms with E-state index in [-0.39, 0.29) is 0 Å². The number of halogens is 1. The Balaban J connectivity index is 2.18. The molecule has 0 aliphatic heterocycles. The zero-order valence-corrected chi connectivity index (χ0v) is 11.4. The third kappa shape index (κ3) is 3.05. The van der Waals surface area contributed by atoms with E-state index in [4.69, 9.17) is 16.3 Å². The number of alkyl halides is 1. The van der Waals surface area contributed by atoms with Crippen molar-refractivity contribution in [1.82, 2.24) is 0 Å². The molecule has 2 rings (SSSR count). The lowest BCUT2D eigenvalue weighted by Gasteiger charge is -2.10. The summed E-state index contributed by atoms with van der Waals surface area (Å²) in [6.45, 7) is 4.36. The Labute approximate surface area is 113 Å². The maximum absolute atomic E-state index is 5.89. The molecule has 0 aromatic heterocycles. The first kappa shape index (κ1) is 13.0. The van der Waals surface area contributed by atoms with E-state index in [0.717, 1.165) is 17.1 Å². The maximum atomic E-state index is 5.89. The van der Waals surface area contributed by atoms with Crippen LogP contribution < -0.4 is 4.74 Å². The van der Waals surface area contributed by atoms with E-state index >= 15 is 0 Å². The van der Waals surface area contributed by atoms with Crippen LogP contribution in [-0.4, -0.2) is 0 Å². The summed E-state index contributed by atoms with van der Waals surface area (Å²) in [4.78, 5) is 0. The largest absolute Gasteiger partial charge is 0.457 e. The monoisotopic (exact) mass is 260 g/mol. The predicted molar refractivity (Wildman–Crippen MR) is 76.6 cm³/mol. The summed E-state index contributed by atoms with van der Waals surface area (Å²) in [6, 6.07) is 16.0. The van der Waals surface area contributed by atoms with Crippen LogP contribution in [0.3, 0.4) is 0 Å². The summed E-state index contributed by atoms with van der Waals surface area (Å²) in [5.41, 5.74) is 2.32. The summed E-state index contributed by atoms with van der Waals surface area (Å²) in [6.07, 6.45) is 0. The Kier molecular flexibility index (Phi) is 4.27. The number of rotatable bonds is 4. The smallest absolute Gasteiger partial charge is 0.131 e. The van der Waals surface area contributed by atoms with E-state index < -0.39 is 0 Å². The maximum Gasteiger partial charge on any atom is 0.131 e. The summed E-state index contributed by atoms with van der Waals surface area (Å²) < 4.78 is 5.85. The average Bonchev–Trinajstić information content (AvgIpc) is 2.40. The van der Waals surface area contributed by atoms with Crippen LogP contribution in [0, 0.1) is 0 Å². The molecule has 94 valence electrons. The standard InChI is InChI=1S/C16H17ClO/c1-12(2)13-7-9-15(10-8-13)18-16-6-4-3-5-14(16)11-17/h3-10,12H,11H2,1-2H3. The van der Waals surface area contributed by atoms with Gasteiger partial charge in [0.2, 0.25) is 0 Å². The van der Waals surface area contributed by atoms with Crippen molar-refractivity contribution in [1.29, 1.82) is 0 Å². The zero-order valence-electron chi connectivity index (χ0n) is 10.7. The van der Waals surface area contributed by atoms with E-state index in [9.17, 15) is 0 Å². The molecule has 0 bridgehead atoms. The van der Waals surface area contributed by atoms with Gasteiger partial charge in [0.25, 0.3) is 0 Å². The van der Waals surface area contributed by atoms with Crippen molar-refractivity contribution in [2.24, 2.45) is 0 Å². The molecular formula is C16H17ClO. The molecule has 2 aromatic carbocycles. The zero-order chi connectivity index (χ0) is 13.0. The average molecular weight is 261 g/mol. The highest BCUT2D eigenvalue weighted by Gasteiger charge is 2.04. The Bertz CT molecular complexity index is 503. The number of benzene rings is 2. The second-order valence-electron chi connectivity index (χ2n) is 4.57. The molecule has 2 aromatic rings. The van der Waals surface area contributed by atoms with Gasteiger partial charge >= 0.3 is 0 Å². The van der Waals surface area contributed by atoms with Crippen LogP contribution in [0.5, 0.6) is 11.5 Å². The molecule has 0 radical (unpaired) electrons. The molecule has 0 saturated carbocycles. The molecule has 1 nitrogen and oxygen atoms in total. The van der Waals surface area contributed by atoms with Crippen LogP contribution in [0.4, 0.5) is 0 Å². The lowest BCUT2D eigenvalue weighted by molar-refractivity contribution is 0.478. The van der Waals surface area contributed by atoms with Gasteiger partial charge in [-0.2, -0.15) is 0 Å². The van der Waals surface area contributed by atoms with E-state index in [0.29, 0.717) is 11.8 Å². The Hall–Kier alpha value is -1.47. The van der Waals surface area contributed by atoms with Crippen molar-refractivity contribution in [3.05, 3.63) is 59.7 Å². The molecule has 0 heterocycles. The lowest BCUT2D eigenvalue weighted by atomic mass is 10.0. The molecule has 0 spiro atoms. The van der Waals surface area contributed by atoms with Gasteiger partial charge in [0, 0.05) is 5.56 Å². The first-order valence-corrected chi connectivity index (χ1v) is 6.66. The van der Waals surface area contributed by atoms with Gasteiger partial charge < -0.3 is 4.74 Å². The summed E-state index contributed by atoms with van der Waals surface area (Å²) in [7, 11) is 0. The van der Waals surface area contributed by atoms with Crippen molar-refractivity contribution in [3.63, 3.8) is 0 Å². The lowest BCUT2D eigenvalue weighted by Crippen LogP contribution is -1.90. The fourth-order valence-electron chi connectivity index (χ4n) is 1.76. The summed E-state index contributed by atoms with van der Waals surface area (Å²) in [5, 5.41) is 0. The molecule has 0 saturated heterocycles. The second kappa shape index (κ2) is 5.92. The van der Waals surface area contributed by atoms with Crippen LogP contribution in [0.1, 0.15) is 30.9 Å². The van der Waals surface area contributed by atoms with Crippen LogP contribution in [0.2, 0.25) is 0 Å². The van der Waals surface area contributed by atoms with Crippen LogP contribution in [-0.2, 0) is 5.88 Å². The summed E-state index contributed by atoms with van der Waals surface area (Å²) in [5.74, 6) is 2.66. The van der Waals surface area contributed by atoms with E-state index in [1.165, 1.54) is 5.56 Å². The minimum Gasteiger partial charge on any atom is -0.457 e. The highest BCUT2D eigenvalue weighted by Crippen LogP contribution is 2.27. The van der Waals surface area contributed by atoms with Crippen LogP contribution >= 0.6 is 11.6 Å². The highest BCUT2D eigenvalue weighted by molar-refractivity contribution is 6.17. The Morgan fingerprint density at radius 3 is 2.28 bits per heavy atom. The number of para-hydroxylation sites is 1. The topological polar surface area (TPSA) is 9.23 Å². The molecule has 0 atom stereocenters. The Morgan fingerprint density at radius 1 is 1.00 bits per heavy atom. The van der Waals surface area contributed by atoms with Crippen molar-refractivity contribution < 1.29 is 4.74 Å². The van der Waals surface area contributed by atoms with E-state index in [1.807, 2.05) is 36.4 Å². The molecule has 18 heavy (non-hydrogen) atoms. The van der Waals surface area contributed by atoms with Gasteiger partial charge in [0.1, 0.15) is 11.5 Å². The van der Waals surface area contributed by atoms with Crippen molar-refractivity contribution in [2.45, 2.75) is 25.6 Å². The third-order valence-corrected chi connectivity index (χ3v) is 3.18. The second-order valence-corrected chi connectivity index (χ2v) is 4.83. The first-order valence-electron chi connectivity index (χ1n) is 6.12. The summed E-state index contributed by atoms with van der Waals surface area (Å²) >= 11 is 5.89. The number of hydrogen-bond donors (Lipinski definition) is 0. The molecule has 2 heteroatoms. The predicted octanol–water partition coefficient (Wildman–Crippen LogP) is 5.34. The van der Waals surface area contributed by atoms with Gasteiger partial charge in [-0.3, -0.25) is 0 Å². The minimum atomic E-state index is 0.459. The quantitative estimate of drug-likeness (QED) is 0.674. The minimum absolute atomic E-state index is 0.459. The van der Waals surface area contributed by atoms with Gasteiger partial charge in [-0.1, -0.05) is 44.2 Å². The normalized spacial score (nSPS) is 10.7. The molecule has 0 amide bonds. The van der Waals surface area contributed by atoms with Gasteiger partial charge in [-0.15, -0.1) is 11.6 Å². The highest BCUT2D eigenvalue weighted by atomic mass is 35.5. The molecule has 0 aliphatic rings. The molecule has 0 N–H and O–H groups in total. The molecule has 0 unspecified atom stereocenters. The molecule has 0 fully saturated rings. The van der Waals surface area contributed by atoms with Crippen LogP contribution in [0.15, 0.2) is 48.5 Å².